The van der Waals surface area contributed by atoms with Crippen molar-refractivity contribution < 1.29 is 13.9 Å². The first-order chi connectivity index (χ1) is 14.7. The van der Waals surface area contributed by atoms with Crippen LogP contribution in [0.3, 0.4) is 0 Å². The molecule has 0 saturated carbocycles. The first kappa shape index (κ1) is 24.4. The Hall–Kier alpha value is -2.88. The van der Waals surface area contributed by atoms with Gasteiger partial charge in [0.1, 0.15) is 12.0 Å². The lowest BCUT2D eigenvalue weighted by molar-refractivity contribution is 0.0600. The Kier molecular flexibility index (Phi) is 10.0. The predicted octanol–water partition coefficient (Wildman–Crippen LogP) is 4.04. The van der Waals surface area contributed by atoms with Crippen LogP contribution in [0.1, 0.15) is 28.5 Å². The molecule has 1 aromatic heterocycles. The summed E-state index contributed by atoms with van der Waals surface area (Å²) in [5.41, 5.74) is 3.38. The molecule has 0 atom stereocenters. The van der Waals surface area contributed by atoms with Crippen LogP contribution < -0.4 is 10.6 Å². The number of aromatic nitrogens is 1. The number of nitrogens with zero attached hydrogens (tertiary/aromatic N) is 2. The number of nitrogens with one attached hydrogen (secondary N) is 2. The molecule has 0 aliphatic rings. The number of halogens is 1. The largest absolute Gasteiger partial charge is 0.465 e. The maximum atomic E-state index is 11.5. The molecule has 0 spiro atoms. The molecule has 0 aliphatic heterocycles. The van der Waals surface area contributed by atoms with Gasteiger partial charge in [0.2, 0.25) is 5.89 Å². The molecule has 0 unspecified atom stereocenters. The van der Waals surface area contributed by atoms with Crippen molar-refractivity contribution in [1.82, 2.24) is 15.6 Å². The Morgan fingerprint density at radius 1 is 1.10 bits per heavy atom. The van der Waals surface area contributed by atoms with Crippen molar-refractivity contribution in [3.8, 4) is 11.5 Å². The minimum atomic E-state index is -0.329. The first-order valence-corrected chi connectivity index (χ1v) is 9.89. The number of methoxy groups -OCH3 is 1. The van der Waals surface area contributed by atoms with Gasteiger partial charge in [-0.2, -0.15) is 0 Å². The van der Waals surface area contributed by atoms with Gasteiger partial charge in [-0.25, -0.2) is 14.8 Å². The second-order valence-corrected chi connectivity index (χ2v) is 6.57. The average Bonchev–Trinajstić information content (AvgIpc) is 3.27. The van der Waals surface area contributed by atoms with E-state index in [0.29, 0.717) is 30.5 Å². The van der Waals surface area contributed by atoms with Crippen LogP contribution in [0.4, 0.5) is 0 Å². The van der Waals surface area contributed by atoms with Crippen molar-refractivity contribution in [2.24, 2.45) is 4.99 Å². The summed E-state index contributed by atoms with van der Waals surface area (Å²) in [7, 11) is 1.38. The lowest BCUT2D eigenvalue weighted by atomic mass is 10.1. The molecule has 2 aromatic carbocycles. The van der Waals surface area contributed by atoms with Crippen LogP contribution >= 0.6 is 24.0 Å². The highest BCUT2D eigenvalue weighted by molar-refractivity contribution is 14.0. The predicted molar refractivity (Wildman–Crippen MR) is 132 cm³/mol. The van der Waals surface area contributed by atoms with Crippen molar-refractivity contribution in [1.29, 1.82) is 0 Å². The van der Waals surface area contributed by atoms with Crippen LogP contribution in [0.15, 0.2) is 70.3 Å². The highest BCUT2D eigenvalue weighted by Gasteiger charge is 2.07. The summed E-state index contributed by atoms with van der Waals surface area (Å²) in [6.07, 6.45) is 2.44. The fourth-order valence-corrected chi connectivity index (χ4v) is 2.85. The lowest BCUT2D eigenvalue weighted by Crippen LogP contribution is -2.38. The number of benzene rings is 2. The number of ether oxygens (including phenoxy) is 1. The second-order valence-electron chi connectivity index (χ2n) is 6.57. The minimum Gasteiger partial charge on any atom is -0.465 e. The number of oxazole rings is 1. The zero-order valence-corrected chi connectivity index (χ0v) is 20.0. The molecule has 3 aromatic rings. The van der Waals surface area contributed by atoms with Gasteiger partial charge in [-0.1, -0.05) is 30.3 Å². The van der Waals surface area contributed by atoms with E-state index in [2.05, 4.69) is 20.6 Å². The number of carbonyl (C=O) groups is 1. The highest BCUT2D eigenvalue weighted by Crippen LogP contribution is 2.18. The number of hydrogen-bond donors (Lipinski definition) is 2. The summed E-state index contributed by atoms with van der Waals surface area (Å²) in [6.45, 7) is 3.90. The van der Waals surface area contributed by atoms with Gasteiger partial charge in [0.15, 0.2) is 5.96 Å². The van der Waals surface area contributed by atoms with E-state index in [9.17, 15) is 4.79 Å². The monoisotopic (exact) mass is 534 g/mol. The third-order valence-corrected chi connectivity index (χ3v) is 4.40. The Morgan fingerprint density at radius 3 is 2.52 bits per heavy atom. The fourth-order valence-electron chi connectivity index (χ4n) is 2.85. The minimum absolute atomic E-state index is 0. The summed E-state index contributed by atoms with van der Waals surface area (Å²) in [5, 5.41) is 6.54. The second kappa shape index (κ2) is 12.7. The number of esters is 1. The van der Waals surface area contributed by atoms with E-state index < -0.39 is 0 Å². The van der Waals surface area contributed by atoms with Crippen molar-refractivity contribution in [2.75, 3.05) is 20.2 Å². The van der Waals surface area contributed by atoms with Gasteiger partial charge in [0.05, 0.1) is 19.2 Å². The number of carbonyl (C=O) groups excluding carboxylic acids is 1. The molecule has 8 heteroatoms. The molecule has 0 amide bonds. The number of rotatable bonds is 8. The van der Waals surface area contributed by atoms with E-state index in [-0.39, 0.29) is 29.9 Å². The van der Waals surface area contributed by atoms with Crippen LogP contribution in [0.5, 0.6) is 0 Å². The Balaban J connectivity index is 0.00000341. The third kappa shape index (κ3) is 7.39. The number of hydrogen-bond acceptors (Lipinski definition) is 5. The van der Waals surface area contributed by atoms with Crippen LogP contribution in [0.25, 0.3) is 11.5 Å². The lowest BCUT2D eigenvalue weighted by Gasteiger charge is -2.11. The van der Waals surface area contributed by atoms with Crippen molar-refractivity contribution in [3.63, 3.8) is 0 Å². The summed E-state index contributed by atoms with van der Waals surface area (Å²) in [4.78, 5) is 20.6. The SMILES string of the molecule is CCNC(=NCc1coc(-c2ccccc2)n1)NCCc1ccc(C(=O)OC)cc1.I. The summed E-state index contributed by atoms with van der Waals surface area (Å²) >= 11 is 0. The van der Waals surface area contributed by atoms with Gasteiger partial charge < -0.3 is 19.8 Å². The van der Waals surface area contributed by atoms with E-state index >= 15 is 0 Å². The molecule has 1 heterocycles. The maximum absolute atomic E-state index is 11.5. The molecular formula is C23H27IN4O3. The molecule has 0 saturated heterocycles. The van der Waals surface area contributed by atoms with E-state index in [1.54, 1.807) is 18.4 Å². The van der Waals surface area contributed by atoms with Gasteiger partial charge in [-0.3, -0.25) is 0 Å². The van der Waals surface area contributed by atoms with Crippen LogP contribution in [-0.4, -0.2) is 37.1 Å². The molecule has 0 fully saturated rings. The standard InChI is InChI=1S/C23H26N4O3.HI/c1-3-24-23(25-14-13-17-9-11-19(12-10-17)22(28)29-2)26-15-20-16-30-21(27-20)18-7-5-4-6-8-18;/h4-12,16H,3,13-15H2,1-2H3,(H2,24,25,26);1H. The summed E-state index contributed by atoms with van der Waals surface area (Å²) in [5.74, 6) is 0.978. The maximum Gasteiger partial charge on any atom is 0.337 e. The number of aliphatic imine (C=N–C) groups is 1. The zero-order valence-electron chi connectivity index (χ0n) is 17.6. The molecule has 7 nitrogen and oxygen atoms in total. The summed E-state index contributed by atoms with van der Waals surface area (Å²) in [6, 6.07) is 17.2. The Morgan fingerprint density at radius 2 is 1.84 bits per heavy atom. The van der Waals surface area contributed by atoms with Crippen molar-refractivity contribution in [2.45, 2.75) is 19.9 Å². The van der Waals surface area contributed by atoms with E-state index in [1.165, 1.54) is 7.11 Å². The molecule has 0 bridgehead atoms. The van der Waals surface area contributed by atoms with E-state index in [0.717, 1.165) is 29.8 Å². The van der Waals surface area contributed by atoms with Gasteiger partial charge in [-0.05, 0) is 43.2 Å². The smallest absolute Gasteiger partial charge is 0.337 e. The quantitative estimate of drug-likeness (QED) is 0.196. The topological polar surface area (TPSA) is 88.8 Å². The fraction of sp³-hybridized carbons (Fsp3) is 0.261. The normalized spacial score (nSPS) is 10.8. The zero-order chi connectivity index (χ0) is 21.2. The van der Waals surface area contributed by atoms with Crippen LogP contribution in [0, 0.1) is 0 Å². The van der Waals surface area contributed by atoms with Gasteiger partial charge in [0.25, 0.3) is 0 Å². The van der Waals surface area contributed by atoms with E-state index in [1.807, 2.05) is 49.4 Å². The molecule has 3 rings (SSSR count). The Labute approximate surface area is 199 Å². The molecule has 31 heavy (non-hydrogen) atoms. The third-order valence-electron chi connectivity index (χ3n) is 4.40. The van der Waals surface area contributed by atoms with Crippen LogP contribution in [-0.2, 0) is 17.7 Å². The van der Waals surface area contributed by atoms with Crippen LogP contribution in [0.2, 0.25) is 0 Å². The first-order valence-electron chi connectivity index (χ1n) is 9.89. The molecule has 164 valence electrons. The van der Waals surface area contributed by atoms with Gasteiger partial charge in [0, 0.05) is 18.7 Å². The molecule has 0 radical (unpaired) electrons. The molecule has 2 N–H and O–H groups in total. The van der Waals surface area contributed by atoms with Crippen molar-refractivity contribution in [3.05, 3.63) is 77.7 Å². The molecule has 0 aliphatic carbocycles. The summed E-state index contributed by atoms with van der Waals surface area (Å²) < 4.78 is 10.3. The molecular weight excluding hydrogens is 507 g/mol. The average molecular weight is 534 g/mol. The van der Waals surface area contributed by atoms with Gasteiger partial charge >= 0.3 is 5.97 Å². The highest BCUT2D eigenvalue weighted by atomic mass is 127. The van der Waals surface area contributed by atoms with Crippen molar-refractivity contribution >= 4 is 35.9 Å². The Bertz CT molecular complexity index is 972. The van der Waals surface area contributed by atoms with E-state index in [4.69, 9.17) is 9.15 Å². The number of guanidine groups is 1. The van der Waals surface area contributed by atoms with Gasteiger partial charge in [-0.15, -0.1) is 24.0 Å².